The number of hydrogen-bond acceptors (Lipinski definition) is 3. The average molecular weight is 280 g/mol. The molecule has 0 saturated carbocycles. The predicted molar refractivity (Wildman–Crippen MR) is 79.6 cm³/mol. The molecule has 1 saturated heterocycles. The van der Waals surface area contributed by atoms with E-state index in [1.807, 2.05) is 0 Å². The second-order valence-corrected chi connectivity index (χ2v) is 5.71. The molecule has 0 spiro atoms. The van der Waals surface area contributed by atoms with Crippen LogP contribution >= 0.6 is 0 Å². The number of benzene rings is 1. The molecule has 2 atom stereocenters. The fourth-order valence-corrected chi connectivity index (χ4v) is 2.89. The molecular weight excluding hydrogens is 255 g/mol. The lowest BCUT2D eigenvalue weighted by atomic mass is 10.0. The zero-order valence-electron chi connectivity index (χ0n) is 12.7. The van der Waals surface area contributed by atoms with Gasteiger partial charge in [0, 0.05) is 17.6 Å². The Labute approximate surface area is 121 Å². The van der Waals surface area contributed by atoms with Gasteiger partial charge in [-0.1, -0.05) is 0 Å². The molecule has 0 bridgehead atoms. The number of halogens is 1. The first-order valence-corrected chi connectivity index (χ1v) is 7.38. The SMILES string of the molecule is COc1ccc(F)cc1C(C)NC1CCCN(C)CC1. The van der Waals surface area contributed by atoms with Crippen LogP contribution in [0.1, 0.15) is 37.8 Å². The first-order chi connectivity index (χ1) is 9.60. The maximum absolute atomic E-state index is 13.4. The Morgan fingerprint density at radius 1 is 1.35 bits per heavy atom. The Hall–Kier alpha value is -1.13. The number of rotatable bonds is 4. The van der Waals surface area contributed by atoms with Crippen LogP contribution in [0.3, 0.4) is 0 Å². The maximum atomic E-state index is 13.4. The molecule has 3 nitrogen and oxygen atoms in total. The Morgan fingerprint density at radius 2 is 2.15 bits per heavy atom. The van der Waals surface area contributed by atoms with Crippen molar-refractivity contribution < 1.29 is 9.13 Å². The van der Waals surface area contributed by atoms with Crippen molar-refractivity contribution in [1.82, 2.24) is 10.2 Å². The third-order valence-corrected chi connectivity index (χ3v) is 4.10. The van der Waals surface area contributed by atoms with Gasteiger partial charge >= 0.3 is 0 Å². The number of nitrogens with zero attached hydrogens (tertiary/aromatic N) is 1. The van der Waals surface area contributed by atoms with Crippen molar-refractivity contribution in [1.29, 1.82) is 0 Å². The second kappa shape index (κ2) is 7.04. The smallest absolute Gasteiger partial charge is 0.123 e. The molecule has 1 fully saturated rings. The summed E-state index contributed by atoms with van der Waals surface area (Å²) in [7, 11) is 3.80. The minimum Gasteiger partial charge on any atom is -0.496 e. The molecule has 0 radical (unpaired) electrons. The lowest BCUT2D eigenvalue weighted by Gasteiger charge is -2.23. The van der Waals surface area contributed by atoms with Crippen LogP contribution in [0.2, 0.25) is 0 Å². The Balaban J connectivity index is 2.03. The van der Waals surface area contributed by atoms with Crippen molar-refractivity contribution in [3.8, 4) is 5.75 Å². The topological polar surface area (TPSA) is 24.5 Å². The molecule has 1 aromatic rings. The van der Waals surface area contributed by atoms with E-state index in [-0.39, 0.29) is 11.9 Å². The minimum atomic E-state index is -0.213. The van der Waals surface area contributed by atoms with Crippen LogP contribution in [0.5, 0.6) is 5.75 Å². The van der Waals surface area contributed by atoms with E-state index in [1.165, 1.54) is 18.9 Å². The summed E-state index contributed by atoms with van der Waals surface area (Å²) in [5, 5.41) is 3.62. The van der Waals surface area contributed by atoms with E-state index in [2.05, 4.69) is 24.2 Å². The fraction of sp³-hybridized carbons (Fsp3) is 0.625. The summed E-state index contributed by atoms with van der Waals surface area (Å²) in [5.74, 6) is 0.534. The molecule has 1 N–H and O–H groups in total. The lowest BCUT2D eigenvalue weighted by Crippen LogP contribution is -2.32. The standard InChI is InChI=1S/C16H25FN2O/c1-12(15-11-13(17)6-7-16(15)20-3)18-14-5-4-9-19(2)10-8-14/h6-7,11-12,14,18H,4-5,8-10H2,1-3H3. The number of likely N-dealkylation sites (tertiary alicyclic amines) is 1. The van der Waals surface area contributed by atoms with Crippen molar-refractivity contribution >= 4 is 0 Å². The molecule has 2 rings (SSSR count). The van der Waals surface area contributed by atoms with E-state index in [4.69, 9.17) is 4.74 Å². The molecule has 1 heterocycles. The zero-order chi connectivity index (χ0) is 14.5. The monoisotopic (exact) mass is 280 g/mol. The first-order valence-electron chi connectivity index (χ1n) is 7.38. The van der Waals surface area contributed by atoms with Crippen LogP contribution in [0, 0.1) is 5.82 Å². The molecular formula is C16H25FN2O. The van der Waals surface area contributed by atoms with Gasteiger partial charge in [0.15, 0.2) is 0 Å². The van der Waals surface area contributed by atoms with Gasteiger partial charge in [-0.15, -0.1) is 0 Å². The third-order valence-electron chi connectivity index (χ3n) is 4.10. The van der Waals surface area contributed by atoms with E-state index in [9.17, 15) is 4.39 Å². The molecule has 2 unspecified atom stereocenters. The van der Waals surface area contributed by atoms with Crippen LogP contribution in [0.4, 0.5) is 4.39 Å². The summed E-state index contributed by atoms with van der Waals surface area (Å²) in [6, 6.07) is 5.29. The van der Waals surface area contributed by atoms with Gasteiger partial charge < -0.3 is 15.0 Å². The molecule has 0 aliphatic carbocycles. The summed E-state index contributed by atoms with van der Waals surface area (Å²) < 4.78 is 18.8. The summed E-state index contributed by atoms with van der Waals surface area (Å²) in [6.07, 6.45) is 3.52. The van der Waals surface area contributed by atoms with E-state index in [1.54, 1.807) is 19.2 Å². The molecule has 1 aliphatic heterocycles. The van der Waals surface area contributed by atoms with Gasteiger partial charge in [0.2, 0.25) is 0 Å². The maximum Gasteiger partial charge on any atom is 0.123 e. The van der Waals surface area contributed by atoms with Crippen molar-refractivity contribution in [2.75, 3.05) is 27.2 Å². The van der Waals surface area contributed by atoms with Gasteiger partial charge in [0.25, 0.3) is 0 Å². The minimum absolute atomic E-state index is 0.0917. The molecule has 1 aliphatic rings. The molecule has 20 heavy (non-hydrogen) atoms. The van der Waals surface area contributed by atoms with Gasteiger partial charge in [-0.05, 0) is 64.5 Å². The highest BCUT2D eigenvalue weighted by Crippen LogP contribution is 2.27. The molecule has 0 aromatic heterocycles. The van der Waals surface area contributed by atoms with Crippen LogP contribution in [-0.2, 0) is 0 Å². The highest BCUT2D eigenvalue weighted by Gasteiger charge is 2.19. The summed E-state index contributed by atoms with van der Waals surface area (Å²) in [4.78, 5) is 2.37. The zero-order valence-corrected chi connectivity index (χ0v) is 12.7. The normalized spacial score (nSPS) is 22.3. The van der Waals surface area contributed by atoms with Crippen molar-refractivity contribution in [2.45, 2.75) is 38.3 Å². The van der Waals surface area contributed by atoms with Crippen LogP contribution in [0.25, 0.3) is 0 Å². The quantitative estimate of drug-likeness (QED) is 0.917. The second-order valence-electron chi connectivity index (χ2n) is 5.71. The third kappa shape index (κ3) is 3.93. The number of ether oxygens (including phenoxy) is 1. The van der Waals surface area contributed by atoms with Crippen molar-refractivity contribution in [2.24, 2.45) is 0 Å². The van der Waals surface area contributed by atoms with E-state index >= 15 is 0 Å². The molecule has 0 amide bonds. The van der Waals surface area contributed by atoms with Crippen LogP contribution < -0.4 is 10.1 Å². The van der Waals surface area contributed by atoms with Crippen LogP contribution in [-0.4, -0.2) is 38.2 Å². The summed E-state index contributed by atoms with van der Waals surface area (Å²) in [5.41, 5.74) is 0.894. The number of nitrogens with one attached hydrogen (secondary N) is 1. The highest BCUT2D eigenvalue weighted by atomic mass is 19.1. The Kier molecular flexibility index (Phi) is 5.38. The van der Waals surface area contributed by atoms with Crippen molar-refractivity contribution in [3.05, 3.63) is 29.6 Å². The largest absolute Gasteiger partial charge is 0.496 e. The highest BCUT2D eigenvalue weighted by molar-refractivity contribution is 5.36. The van der Waals surface area contributed by atoms with E-state index in [0.29, 0.717) is 6.04 Å². The molecule has 1 aromatic carbocycles. The van der Waals surface area contributed by atoms with Gasteiger partial charge in [0.1, 0.15) is 11.6 Å². The average Bonchev–Trinajstić information content (AvgIpc) is 2.63. The molecule has 112 valence electrons. The summed E-state index contributed by atoms with van der Waals surface area (Å²) in [6.45, 7) is 4.35. The Bertz CT molecular complexity index is 438. The number of hydrogen-bond donors (Lipinski definition) is 1. The first kappa shape index (κ1) is 15.3. The van der Waals surface area contributed by atoms with Crippen molar-refractivity contribution in [3.63, 3.8) is 0 Å². The van der Waals surface area contributed by atoms with Gasteiger partial charge in [-0.3, -0.25) is 0 Å². The van der Waals surface area contributed by atoms with Gasteiger partial charge in [-0.2, -0.15) is 0 Å². The number of methoxy groups -OCH3 is 1. The predicted octanol–water partition coefficient (Wildman–Crippen LogP) is 2.97. The lowest BCUT2D eigenvalue weighted by molar-refractivity contribution is 0.338. The van der Waals surface area contributed by atoms with Gasteiger partial charge in [-0.25, -0.2) is 4.39 Å². The van der Waals surface area contributed by atoms with Crippen LogP contribution in [0.15, 0.2) is 18.2 Å². The van der Waals surface area contributed by atoms with E-state index in [0.717, 1.165) is 30.8 Å². The summed E-state index contributed by atoms with van der Waals surface area (Å²) >= 11 is 0. The van der Waals surface area contributed by atoms with E-state index < -0.39 is 0 Å². The van der Waals surface area contributed by atoms with Gasteiger partial charge in [0.05, 0.1) is 7.11 Å². The fourth-order valence-electron chi connectivity index (χ4n) is 2.89. The molecule has 4 heteroatoms. The Morgan fingerprint density at radius 3 is 2.90 bits per heavy atom.